The second kappa shape index (κ2) is 18.7. The standard InChI is InChI=1S/C33H19N5S.C32H18N4S2/c1-3-9-20(10-4-1)30-24-13-7-8-14-26(24)35-33(36-30)22-15-16-23-28(19-22)34-31(21-11-5-2-6-12-21)25-17-18-27-32(29(23)25)38-39-37-27;1-2-6-20(7-3-1)30-24-16-17-26-31(36-38-35-26)29(24)23-15-14-22(18-27(23)33-30)19-10-12-21(13-11-19)32-34-25-8-4-5-9-28(25)37-32/h1-19H;1-18H. The van der Waals surface area contributed by atoms with Crippen molar-refractivity contribution in [3.63, 3.8) is 0 Å². The van der Waals surface area contributed by atoms with Crippen molar-refractivity contribution in [3.8, 4) is 66.9 Å². The van der Waals surface area contributed by atoms with E-state index in [-0.39, 0.29) is 0 Å². The summed E-state index contributed by atoms with van der Waals surface area (Å²) in [5.41, 5.74) is 17.8. The van der Waals surface area contributed by atoms with Crippen LogP contribution in [0.3, 0.4) is 0 Å². The van der Waals surface area contributed by atoms with Gasteiger partial charge in [0.05, 0.1) is 67.3 Å². The number of para-hydroxylation sites is 2. The van der Waals surface area contributed by atoms with Crippen molar-refractivity contribution in [2.75, 3.05) is 0 Å². The van der Waals surface area contributed by atoms with Gasteiger partial charge in [-0.15, -0.1) is 11.3 Å². The van der Waals surface area contributed by atoms with Crippen LogP contribution in [0.2, 0.25) is 0 Å². The van der Waals surface area contributed by atoms with Crippen molar-refractivity contribution >= 4 is 121 Å². The minimum Gasteiger partial charge on any atom is -0.247 e. The van der Waals surface area contributed by atoms with Gasteiger partial charge >= 0.3 is 0 Å². The van der Waals surface area contributed by atoms with E-state index >= 15 is 0 Å². The molecule has 360 valence electrons. The molecular weight excluding hydrogens is 1000 g/mol. The molecule has 0 fully saturated rings. The van der Waals surface area contributed by atoms with E-state index in [1.54, 1.807) is 11.3 Å². The van der Waals surface area contributed by atoms with Gasteiger partial charge in [-0.05, 0) is 65.7 Å². The fourth-order valence-corrected chi connectivity index (χ4v) is 12.5. The molecule has 6 heterocycles. The average Bonchev–Trinajstić information content (AvgIpc) is 4.42. The third kappa shape index (κ3) is 7.93. The molecule has 0 unspecified atom stereocenters. The Labute approximate surface area is 452 Å². The van der Waals surface area contributed by atoms with Crippen molar-refractivity contribution in [2.45, 2.75) is 0 Å². The van der Waals surface area contributed by atoms with Crippen LogP contribution in [0.25, 0.3) is 153 Å². The van der Waals surface area contributed by atoms with E-state index in [0.717, 1.165) is 143 Å². The number of aromatic nitrogens is 9. The predicted molar refractivity (Wildman–Crippen MR) is 319 cm³/mol. The van der Waals surface area contributed by atoms with Crippen LogP contribution in [0.15, 0.2) is 224 Å². The van der Waals surface area contributed by atoms with Gasteiger partial charge in [0.1, 0.15) is 27.1 Å². The Morgan fingerprint density at radius 3 is 1.31 bits per heavy atom. The Hall–Kier alpha value is -9.59. The highest BCUT2D eigenvalue weighted by Crippen LogP contribution is 2.41. The summed E-state index contributed by atoms with van der Waals surface area (Å²) in [6, 6.07) is 77.2. The van der Waals surface area contributed by atoms with Gasteiger partial charge in [-0.1, -0.05) is 170 Å². The lowest BCUT2D eigenvalue weighted by Gasteiger charge is -2.12. The Balaban J connectivity index is 0.000000134. The summed E-state index contributed by atoms with van der Waals surface area (Å²) in [7, 11) is 0. The topological polar surface area (TPSA) is 116 Å². The molecule has 0 radical (unpaired) electrons. The average molecular weight is 1040 g/mol. The van der Waals surface area contributed by atoms with Gasteiger partial charge in [0.2, 0.25) is 0 Å². The monoisotopic (exact) mass is 1040 g/mol. The summed E-state index contributed by atoms with van der Waals surface area (Å²) in [5.74, 6) is 0.672. The van der Waals surface area contributed by atoms with Gasteiger partial charge in [0, 0.05) is 65.5 Å². The number of benzene rings is 10. The SMILES string of the molecule is c1ccc(-c2nc(-c3ccc4c(c3)nc(-c3ccccc3)c3ccc5nsnc5c34)nc3ccccc23)cc1.c1ccc(-c2nc3cc(-c4ccc(-c5nc6ccccc6s5)cc4)ccc3c3c2ccc2nsnc23)cc1. The zero-order valence-corrected chi connectivity index (χ0v) is 43.1. The lowest BCUT2D eigenvalue weighted by molar-refractivity contribution is 1.23. The molecule has 10 aromatic carbocycles. The van der Waals surface area contributed by atoms with Crippen molar-refractivity contribution < 1.29 is 0 Å². The molecule has 6 aromatic heterocycles. The van der Waals surface area contributed by atoms with E-state index in [0.29, 0.717) is 5.82 Å². The Bertz CT molecular complexity index is 4890. The molecule has 0 aliphatic carbocycles. The normalized spacial score (nSPS) is 11.6. The van der Waals surface area contributed by atoms with E-state index in [9.17, 15) is 0 Å². The van der Waals surface area contributed by atoms with E-state index in [1.165, 1.54) is 28.2 Å². The third-order valence-electron chi connectivity index (χ3n) is 14.1. The van der Waals surface area contributed by atoms with Crippen LogP contribution >= 0.6 is 34.8 Å². The van der Waals surface area contributed by atoms with E-state index in [4.69, 9.17) is 24.9 Å². The maximum atomic E-state index is 5.19. The van der Waals surface area contributed by atoms with E-state index in [1.807, 2.05) is 78.9 Å². The largest absolute Gasteiger partial charge is 0.247 e. The molecule has 16 aromatic rings. The van der Waals surface area contributed by atoms with E-state index in [2.05, 4.69) is 163 Å². The lowest BCUT2D eigenvalue weighted by atomic mass is 9.96. The molecule has 77 heavy (non-hydrogen) atoms. The molecule has 0 N–H and O–H groups in total. The van der Waals surface area contributed by atoms with Gasteiger partial charge < -0.3 is 0 Å². The number of fused-ring (bicyclic) bond motifs is 12. The smallest absolute Gasteiger partial charge is 0.160 e. The summed E-state index contributed by atoms with van der Waals surface area (Å²) in [4.78, 5) is 25.2. The van der Waals surface area contributed by atoms with Gasteiger partial charge in [-0.2, -0.15) is 17.5 Å². The number of nitrogens with zero attached hydrogens (tertiary/aromatic N) is 9. The minimum atomic E-state index is 0.672. The number of rotatable bonds is 6. The minimum absolute atomic E-state index is 0.672. The Morgan fingerprint density at radius 2 is 0.727 bits per heavy atom. The molecule has 9 nitrogen and oxygen atoms in total. The van der Waals surface area contributed by atoms with Crippen molar-refractivity contribution in [1.29, 1.82) is 0 Å². The molecular formula is C65H37N9S3. The zero-order valence-electron chi connectivity index (χ0n) is 40.6. The molecule has 16 rings (SSSR count). The Morgan fingerprint density at radius 1 is 0.260 bits per heavy atom. The Kier molecular flexibility index (Phi) is 10.9. The molecule has 0 spiro atoms. The second-order valence-corrected chi connectivity index (χ2v) is 20.8. The number of hydrogen-bond acceptors (Lipinski definition) is 12. The summed E-state index contributed by atoms with van der Waals surface area (Å²) in [5, 5.41) is 8.54. The first kappa shape index (κ1) is 44.9. The molecule has 0 aliphatic rings. The van der Waals surface area contributed by atoms with Crippen molar-refractivity contribution in [2.24, 2.45) is 0 Å². The van der Waals surface area contributed by atoms with Gasteiger partial charge in [0.15, 0.2) is 5.82 Å². The fourth-order valence-electron chi connectivity index (χ4n) is 10.4. The van der Waals surface area contributed by atoms with E-state index < -0.39 is 0 Å². The van der Waals surface area contributed by atoms with Crippen LogP contribution in [0.1, 0.15) is 0 Å². The van der Waals surface area contributed by atoms with Gasteiger partial charge in [0.25, 0.3) is 0 Å². The zero-order chi connectivity index (χ0) is 50.8. The number of thiazole rings is 1. The van der Waals surface area contributed by atoms with Crippen LogP contribution in [0.4, 0.5) is 0 Å². The first-order chi connectivity index (χ1) is 38.1. The number of pyridine rings is 2. The second-order valence-electron chi connectivity index (χ2n) is 18.7. The van der Waals surface area contributed by atoms with Crippen LogP contribution in [-0.4, -0.2) is 42.4 Å². The van der Waals surface area contributed by atoms with Crippen molar-refractivity contribution in [1.82, 2.24) is 42.4 Å². The molecule has 0 aliphatic heterocycles. The van der Waals surface area contributed by atoms with Crippen molar-refractivity contribution in [3.05, 3.63) is 224 Å². The maximum Gasteiger partial charge on any atom is 0.160 e. The summed E-state index contributed by atoms with van der Waals surface area (Å²) >= 11 is 4.22. The molecule has 0 saturated heterocycles. The maximum absolute atomic E-state index is 5.19. The molecule has 12 heteroatoms. The first-order valence-electron chi connectivity index (χ1n) is 25.0. The van der Waals surface area contributed by atoms with Gasteiger partial charge in [-0.3, -0.25) is 0 Å². The first-order valence-corrected chi connectivity index (χ1v) is 27.3. The molecule has 0 atom stereocenters. The number of hydrogen-bond donors (Lipinski definition) is 0. The van der Waals surface area contributed by atoms with Crippen LogP contribution in [0, 0.1) is 0 Å². The molecule has 0 bridgehead atoms. The lowest BCUT2D eigenvalue weighted by Crippen LogP contribution is -1.96. The van der Waals surface area contributed by atoms with Gasteiger partial charge in [-0.25, -0.2) is 24.9 Å². The van der Waals surface area contributed by atoms with Crippen LogP contribution in [-0.2, 0) is 0 Å². The highest BCUT2D eigenvalue weighted by atomic mass is 32.1. The third-order valence-corrected chi connectivity index (χ3v) is 16.3. The summed E-state index contributed by atoms with van der Waals surface area (Å²) < 4.78 is 19.5. The quantitative estimate of drug-likeness (QED) is 0.150. The summed E-state index contributed by atoms with van der Waals surface area (Å²) in [6.45, 7) is 0. The van der Waals surface area contributed by atoms with Crippen LogP contribution in [0.5, 0.6) is 0 Å². The highest BCUT2D eigenvalue weighted by Gasteiger charge is 2.19. The summed E-state index contributed by atoms with van der Waals surface area (Å²) in [6.07, 6.45) is 0. The highest BCUT2D eigenvalue weighted by molar-refractivity contribution is 7.21. The molecule has 0 saturated carbocycles. The molecule has 0 amide bonds. The fraction of sp³-hybridized carbons (Fsp3) is 0. The predicted octanol–water partition coefficient (Wildman–Crippen LogP) is 17.3. The van der Waals surface area contributed by atoms with Crippen LogP contribution < -0.4 is 0 Å².